The summed E-state index contributed by atoms with van der Waals surface area (Å²) in [5.41, 5.74) is 5.34. The number of aliphatic hydroxyl groups excluding tert-OH is 3. The number of nitrogens with two attached hydrogens (primary N) is 1. The minimum Gasteiger partial charge on any atom is -0.462 e. The van der Waals surface area contributed by atoms with Crippen molar-refractivity contribution >= 4 is 25.5 Å². The van der Waals surface area contributed by atoms with E-state index in [1.807, 2.05) is 0 Å². The SMILES string of the molecule is CC/C=C\C/C=C\C/C=C\C/C=C\C/C=C\CCCCCC(=O)OC[C@H](COP(=O)(O)OCCN)OC(=O)CCCCC(=O)C[C@@H]1[C@@H](/C=C/[C@@H](O)CCCCC)[C@H](O)C[C@@H]1O. The largest absolute Gasteiger partial charge is 0.472 e. The Kier molecular flexibility index (Phi) is 33.5. The van der Waals surface area contributed by atoms with Crippen LogP contribution in [-0.4, -0.2) is 88.7 Å². The molecule has 348 valence electrons. The van der Waals surface area contributed by atoms with E-state index in [0.29, 0.717) is 25.7 Å². The van der Waals surface area contributed by atoms with Crippen molar-refractivity contribution in [3.63, 3.8) is 0 Å². The Morgan fingerprint density at radius 1 is 0.738 bits per heavy atom. The Morgan fingerprint density at radius 2 is 1.34 bits per heavy atom. The van der Waals surface area contributed by atoms with Gasteiger partial charge in [0, 0.05) is 50.5 Å². The Bertz CT molecular complexity index is 1410. The van der Waals surface area contributed by atoms with Crippen LogP contribution in [0.3, 0.4) is 0 Å². The van der Waals surface area contributed by atoms with Crippen molar-refractivity contribution < 1.29 is 57.7 Å². The lowest BCUT2D eigenvalue weighted by molar-refractivity contribution is -0.161. The van der Waals surface area contributed by atoms with Crippen LogP contribution in [0.4, 0.5) is 0 Å². The second-order valence-electron chi connectivity index (χ2n) is 15.5. The van der Waals surface area contributed by atoms with Gasteiger partial charge < -0.3 is 35.4 Å². The van der Waals surface area contributed by atoms with Crippen molar-refractivity contribution in [1.29, 1.82) is 0 Å². The minimum absolute atomic E-state index is 0.0150. The average molecular weight is 880 g/mol. The lowest BCUT2D eigenvalue weighted by Crippen LogP contribution is -2.29. The Labute approximate surface area is 365 Å². The number of carbonyl (C=O) groups is 3. The number of esters is 2. The molecule has 0 bridgehead atoms. The lowest BCUT2D eigenvalue weighted by Gasteiger charge is -2.20. The van der Waals surface area contributed by atoms with Crippen LogP contribution in [0.15, 0.2) is 72.9 Å². The van der Waals surface area contributed by atoms with Gasteiger partial charge in [-0.25, -0.2) is 4.57 Å². The van der Waals surface area contributed by atoms with Gasteiger partial charge in [0.15, 0.2) is 6.10 Å². The topological polar surface area (TPSA) is 212 Å². The Hall–Kier alpha value is -3.00. The molecule has 0 radical (unpaired) electrons. The van der Waals surface area contributed by atoms with Gasteiger partial charge in [-0.3, -0.25) is 23.4 Å². The highest BCUT2D eigenvalue weighted by Crippen LogP contribution is 2.43. The zero-order valence-electron chi connectivity index (χ0n) is 36.9. The number of phosphoric ester groups is 1. The van der Waals surface area contributed by atoms with Crippen molar-refractivity contribution in [3.05, 3.63) is 72.9 Å². The summed E-state index contributed by atoms with van der Waals surface area (Å²) < 4.78 is 32.7. The average Bonchev–Trinajstić information content (AvgIpc) is 3.49. The first-order valence-corrected chi connectivity index (χ1v) is 24.1. The molecule has 0 heterocycles. The highest BCUT2D eigenvalue weighted by molar-refractivity contribution is 7.47. The van der Waals surface area contributed by atoms with Crippen LogP contribution >= 0.6 is 7.82 Å². The van der Waals surface area contributed by atoms with Crippen molar-refractivity contribution in [2.45, 2.75) is 167 Å². The molecule has 6 N–H and O–H groups in total. The lowest BCUT2D eigenvalue weighted by atomic mass is 9.87. The maximum Gasteiger partial charge on any atom is 0.472 e. The number of allylic oxidation sites excluding steroid dienone is 10. The van der Waals surface area contributed by atoms with Gasteiger partial charge >= 0.3 is 19.8 Å². The third-order valence-electron chi connectivity index (χ3n) is 10.1. The van der Waals surface area contributed by atoms with Gasteiger partial charge in [-0.15, -0.1) is 0 Å². The third kappa shape index (κ3) is 30.7. The van der Waals surface area contributed by atoms with Crippen molar-refractivity contribution in [2.75, 3.05) is 26.4 Å². The molecule has 1 aliphatic carbocycles. The predicted octanol–water partition coefficient (Wildman–Crippen LogP) is 8.61. The molecule has 0 aromatic heterocycles. The number of aliphatic hydroxyl groups is 3. The highest BCUT2D eigenvalue weighted by Gasteiger charge is 2.41. The van der Waals surface area contributed by atoms with Crippen LogP contribution in [-0.2, 0) is 37.5 Å². The van der Waals surface area contributed by atoms with Crippen LogP contribution in [0.5, 0.6) is 0 Å². The maximum absolute atomic E-state index is 12.9. The van der Waals surface area contributed by atoms with E-state index in [0.717, 1.165) is 70.6 Å². The number of Topliss-reactive ketones (excluding diaryl/α,β-unsaturated/α-hetero) is 1. The zero-order chi connectivity index (χ0) is 45.0. The molecule has 1 aliphatic rings. The first kappa shape index (κ1) is 56.0. The second-order valence-corrected chi connectivity index (χ2v) is 17.0. The number of ketones is 1. The van der Waals surface area contributed by atoms with E-state index < -0.39 is 62.6 Å². The summed E-state index contributed by atoms with van der Waals surface area (Å²) in [6.45, 7) is 3.01. The van der Waals surface area contributed by atoms with Crippen molar-refractivity contribution in [1.82, 2.24) is 0 Å². The molecule has 0 amide bonds. The summed E-state index contributed by atoms with van der Waals surface area (Å²) in [5, 5.41) is 31.3. The summed E-state index contributed by atoms with van der Waals surface area (Å²) >= 11 is 0. The van der Waals surface area contributed by atoms with E-state index in [1.54, 1.807) is 12.2 Å². The van der Waals surface area contributed by atoms with Gasteiger partial charge in [-0.1, -0.05) is 112 Å². The Morgan fingerprint density at radius 3 is 1.98 bits per heavy atom. The molecular weight excluding hydrogens is 801 g/mol. The molecule has 0 aromatic carbocycles. The molecule has 0 aliphatic heterocycles. The van der Waals surface area contributed by atoms with Gasteiger partial charge in [0.25, 0.3) is 0 Å². The predicted molar refractivity (Wildman–Crippen MR) is 240 cm³/mol. The number of hydrogen-bond donors (Lipinski definition) is 5. The normalized spacial score (nSPS) is 20.5. The molecule has 1 saturated carbocycles. The molecule has 0 aromatic rings. The van der Waals surface area contributed by atoms with Crippen LogP contribution in [0.2, 0.25) is 0 Å². The van der Waals surface area contributed by atoms with Gasteiger partial charge in [0.05, 0.1) is 31.5 Å². The molecule has 0 spiro atoms. The van der Waals surface area contributed by atoms with E-state index in [9.17, 15) is 39.2 Å². The van der Waals surface area contributed by atoms with E-state index >= 15 is 0 Å². The van der Waals surface area contributed by atoms with Crippen molar-refractivity contribution in [3.8, 4) is 0 Å². The van der Waals surface area contributed by atoms with Crippen LogP contribution < -0.4 is 5.73 Å². The highest BCUT2D eigenvalue weighted by atomic mass is 31.2. The smallest absolute Gasteiger partial charge is 0.462 e. The first-order valence-electron chi connectivity index (χ1n) is 22.6. The number of ether oxygens (including phenoxy) is 2. The van der Waals surface area contributed by atoms with E-state index in [4.69, 9.17) is 24.3 Å². The minimum atomic E-state index is -4.50. The monoisotopic (exact) mass is 880 g/mol. The number of carbonyl (C=O) groups excluding carboxylic acids is 3. The quantitative estimate of drug-likeness (QED) is 0.0171. The second kappa shape index (κ2) is 36.5. The summed E-state index contributed by atoms with van der Waals surface area (Å²) in [5.74, 6) is -2.20. The molecule has 61 heavy (non-hydrogen) atoms. The molecule has 0 saturated heterocycles. The maximum atomic E-state index is 12.9. The van der Waals surface area contributed by atoms with E-state index in [1.165, 1.54) is 0 Å². The van der Waals surface area contributed by atoms with Crippen LogP contribution in [0, 0.1) is 11.8 Å². The number of hydrogen-bond acceptors (Lipinski definition) is 12. The molecule has 1 unspecified atom stereocenters. The van der Waals surface area contributed by atoms with Crippen LogP contribution in [0.25, 0.3) is 0 Å². The fourth-order valence-corrected chi connectivity index (χ4v) is 7.42. The summed E-state index contributed by atoms with van der Waals surface area (Å²) in [6.07, 6.45) is 34.2. The third-order valence-corrected chi connectivity index (χ3v) is 11.0. The van der Waals surface area contributed by atoms with E-state index in [2.05, 4.69) is 74.6 Å². The van der Waals surface area contributed by atoms with Gasteiger partial charge in [-0.05, 0) is 70.6 Å². The molecule has 13 nitrogen and oxygen atoms in total. The fraction of sp³-hybridized carbons (Fsp3) is 0.681. The van der Waals surface area contributed by atoms with Gasteiger partial charge in [-0.2, -0.15) is 0 Å². The molecule has 1 rings (SSSR count). The van der Waals surface area contributed by atoms with E-state index in [-0.39, 0.29) is 57.6 Å². The number of rotatable bonds is 37. The first-order chi connectivity index (χ1) is 29.4. The fourth-order valence-electron chi connectivity index (χ4n) is 6.66. The van der Waals surface area contributed by atoms with Gasteiger partial charge in [0.1, 0.15) is 12.4 Å². The molecule has 14 heteroatoms. The molecule has 1 fully saturated rings. The van der Waals surface area contributed by atoms with Gasteiger partial charge in [0.2, 0.25) is 0 Å². The molecule has 7 atom stereocenters. The number of unbranched alkanes of at least 4 members (excludes halogenated alkanes) is 6. The summed E-state index contributed by atoms with van der Waals surface area (Å²) in [7, 11) is -4.50. The summed E-state index contributed by atoms with van der Waals surface area (Å²) in [6, 6.07) is 0. The van der Waals surface area contributed by atoms with Crippen LogP contribution in [0.1, 0.15) is 142 Å². The standard InChI is InChI=1S/C47H78NO12P/c1-3-5-7-8-9-10-11-12-13-14-15-16-17-18-19-20-21-22-24-29-46(53)57-37-41(38-59-61(55,56)58-34-33-48)60-47(54)30-26-25-28-40(50)35-43-42(44(51)36-45(43)52)32-31-39(49)27-23-6-4-2/h5,7,9-10,12-13,15-16,18-19,31-32,39,41-45,49,51-52H,3-4,6,8,11,14,17,20-30,33-38,48H2,1-2H3,(H,55,56)/b7-5-,10-9-,13-12-,16-15-,19-18-,32-31+/t39-,41+,42+,43+,44+,45-/m0/s1. The number of phosphoric acid groups is 1. The summed E-state index contributed by atoms with van der Waals surface area (Å²) in [4.78, 5) is 48.0. The zero-order valence-corrected chi connectivity index (χ0v) is 37.8. The van der Waals surface area contributed by atoms with Crippen molar-refractivity contribution in [2.24, 2.45) is 17.6 Å². The molecular formula is C47H78NO12P. The Balaban J connectivity index is 2.44.